The van der Waals surface area contributed by atoms with Gasteiger partial charge in [-0.05, 0) is 31.2 Å². The molecule has 0 unspecified atom stereocenters. The molecular weight excluding hydrogens is 220 g/mol. The van der Waals surface area contributed by atoms with Crippen molar-refractivity contribution in [2.24, 2.45) is 0 Å². The summed E-state index contributed by atoms with van der Waals surface area (Å²) in [5.74, 6) is 0. The van der Waals surface area contributed by atoms with Gasteiger partial charge in [0.15, 0.2) is 0 Å². The van der Waals surface area contributed by atoms with Gasteiger partial charge in [-0.15, -0.1) is 0 Å². The maximum absolute atomic E-state index is 6.04. The molecule has 2 aromatic carbocycles. The third-order valence-corrected chi connectivity index (χ3v) is 3.11. The van der Waals surface area contributed by atoms with Crippen LogP contribution in [0.2, 0.25) is 0 Å². The quantitative estimate of drug-likeness (QED) is 0.650. The standard InChI is InChI=1S/C16H14N2/c1-11-6-7-15(17)14(8-11)13-9-12-4-2-3-5-16(12)18-10-13/h2-10H,17H2,1H3. The molecule has 0 atom stereocenters. The van der Waals surface area contributed by atoms with E-state index in [2.05, 4.69) is 30.1 Å². The first-order valence-corrected chi connectivity index (χ1v) is 5.95. The average molecular weight is 234 g/mol. The van der Waals surface area contributed by atoms with E-state index in [0.717, 1.165) is 27.7 Å². The Morgan fingerprint density at radius 3 is 2.72 bits per heavy atom. The number of aromatic nitrogens is 1. The molecule has 0 spiro atoms. The first-order chi connectivity index (χ1) is 8.74. The molecule has 3 rings (SSSR count). The van der Waals surface area contributed by atoms with Crippen LogP contribution in [0.1, 0.15) is 5.56 Å². The molecule has 3 aromatic rings. The van der Waals surface area contributed by atoms with Gasteiger partial charge in [0.2, 0.25) is 0 Å². The molecule has 2 heteroatoms. The summed E-state index contributed by atoms with van der Waals surface area (Å²) in [5, 5.41) is 1.14. The van der Waals surface area contributed by atoms with Crippen molar-refractivity contribution in [3.63, 3.8) is 0 Å². The fourth-order valence-corrected chi connectivity index (χ4v) is 2.14. The molecule has 0 aliphatic heterocycles. The van der Waals surface area contributed by atoms with Crippen LogP contribution in [0.5, 0.6) is 0 Å². The van der Waals surface area contributed by atoms with Crippen LogP contribution >= 0.6 is 0 Å². The molecule has 18 heavy (non-hydrogen) atoms. The molecule has 2 N–H and O–H groups in total. The molecule has 0 fully saturated rings. The number of rotatable bonds is 1. The van der Waals surface area contributed by atoms with Crippen LogP contribution in [-0.4, -0.2) is 4.98 Å². The van der Waals surface area contributed by atoms with E-state index >= 15 is 0 Å². The van der Waals surface area contributed by atoms with Gasteiger partial charge < -0.3 is 5.73 Å². The Morgan fingerprint density at radius 1 is 1.00 bits per heavy atom. The lowest BCUT2D eigenvalue weighted by Crippen LogP contribution is -1.91. The molecule has 0 radical (unpaired) electrons. The average Bonchev–Trinajstić information content (AvgIpc) is 2.41. The third kappa shape index (κ3) is 1.82. The number of nitrogens with zero attached hydrogens (tertiary/aromatic N) is 1. The lowest BCUT2D eigenvalue weighted by Gasteiger charge is -2.07. The minimum atomic E-state index is 0.790. The fourth-order valence-electron chi connectivity index (χ4n) is 2.14. The van der Waals surface area contributed by atoms with Crippen LogP contribution in [-0.2, 0) is 0 Å². The van der Waals surface area contributed by atoms with E-state index < -0.39 is 0 Å². The topological polar surface area (TPSA) is 38.9 Å². The van der Waals surface area contributed by atoms with Crippen molar-refractivity contribution in [3.05, 3.63) is 60.3 Å². The number of aryl methyl sites for hydroxylation is 1. The van der Waals surface area contributed by atoms with Gasteiger partial charge in [0.05, 0.1) is 5.52 Å². The highest BCUT2D eigenvalue weighted by molar-refractivity contribution is 5.86. The molecule has 2 nitrogen and oxygen atoms in total. The number of para-hydroxylation sites is 1. The monoisotopic (exact) mass is 234 g/mol. The van der Waals surface area contributed by atoms with E-state index in [0.29, 0.717) is 0 Å². The predicted molar refractivity (Wildman–Crippen MR) is 76.3 cm³/mol. The van der Waals surface area contributed by atoms with Crippen molar-refractivity contribution in [1.29, 1.82) is 0 Å². The van der Waals surface area contributed by atoms with Crippen LogP contribution in [0.15, 0.2) is 54.7 Å². The number of nitrogens with two attached hydrogens (primary N) is 1. The Morgan fingerprint density at radius 2 is 1.83 bits per heavy atom. The van der Waals surface area contributed by atoms with Crippen molar-refractivity contribution in [2.75, 3.05) is 5.73 Å². The Bertz CT molecular complexity index is 717. The number of hydrogen-bond acceptors (Lipinski definition) is 2. The summed E-state index contributed by atoms with van der Waals surface area (Å²) in [4.78, 5) is 4.47. The molecule has 1 aromatic heterocycles. The van der Waals surface area contributed by atoms with E-state index in [4.69, 9.17) is 5.73 Å². The Labute approximate surface area is 106 Å². The smallest absolute Gasteiger partial charge is 0.0702 e. The van der Waals surface area contributed by atoms with E-state index in [9.17, 15) is 0 Å². The number of pyridine rings is 1. The van der Waals surface area contributed by atoms with Crippen LogP contribution in [0.3, 0.4) is 0 Å². The zero-order chi connectivity index (χ0) is 12.5. The highest BCUT2D eigenvalue weighted by Gasteiger charge is 2.04. The van der Waals surface area contributed by atoms with Crippen molar-refractivity contribution in [2.45, 2.75) is 6.92 Å². The maximum Gasteiger partial charge on any atom is 0.0702 e. The van der Waals surface area contributed by atoms with Gasteiger partial charge in [-0.2, -0.15) is 0 Å². The zero-order valence-corrected chi connectivity index (χ0v) is 10.2. The van der Waals surface area contributed by atoms with Crippen LogP contribution in [0, 0.1) is 6.92 Å². The summed E-state index contributed by atoms with van der Waals surface area (Å²) in [6.07, 6.45) is 1.88. The second kappa shape index (κ2) is 4.15. The molecule has 0 saturated heterocycles. The van der Waals surface area contributed by atoms with Gasteiger partial charge in [0.1, 0.15) is 0 Å². The van der Waals surface area contributed by atoms with Gasteiger partial charge in [-0.3, -0.25) is 4.98 Å². The Kier molecular flexibility index (Phi) is 2.49. The maximum atomic E-state index is 6.04. The normalized spacial score (nSPS) is 10.7. The minimum absolute atomic E-state index is 0.790. The molecule has 0 aliphatic carbocycles. The van der Waals surface area contributed by atoms with Crippen LogP contribution in [0.4, 0.5) is 5.69 Å². The van der Waals surface area contributed by atoms with Gasteiger partial charge >= 0.3 is 0 Å². The molecule has 0 aliphatic rings. The van der Waals surface area contributed by atoms with E-state index in [1.807, 2.05) is 36.5 Å². The number of benzene rings is 2. The van der Waals surface area contributed by atoms with Gasteiger partial charge in [0.25, 0.3) is 0 Å². The first-order valence-electron chi connectivity index (χ1n) is 5.95. The second-order valence-electron chi connectivity index (χ2n) is 4.51. The van der Waals surface area contributed by atoms with Crippen LogP contribution in [0.25, 0.3) is 22.0 Å². The molecule has 88 valence electrons. The van der Waals surface area contributed by atoms with E-state index in [1.165, 1.54) is 5.56 Å². The lowest BCUT2D eigenvalue weighted by atomic mass is 10.0. The number of fused-ring (bicyclic) bond motifs is 1. The van der Waals surface area contributed by atoms with Gasteiger partial charge in [0, 0.05) is 28.4 Å². The molecule has 1 heterocycles. The van der Waals surface area contributed by atoms with Gasteiger partial charge in [-0.1, -0.05) is 29.8 Å². The second-order valence-corrected chi connectivity index (χ2v) is 4.51. The fraction of sp³-hybridized carbons (Fsp3) is 0.0625. The summed E-state index contributed by atoms with van der Waals surface area (Å²) >= 11 is 0. The summed E-state index contributed by atoms with van der Waals surface area (Å²) in [6, 6.07) is 16.3. The summed E-state index contributed by atoms with van der Waals surface area (Å²) in [7, 11) is 0. The van der Waals surface area contributed by atoms with Gasteiger partial charge in [-0.25, -0.2) is 0 Å². The number of anilines is 1. The predicted octanol–water partition coefficient (Wildman–Crippen LogP) is 3.79. The Hall–Kier alpha value is -2.35. The summed E-state index contributed by atoms with van der Waals surface area (Å²) < 4.78 is 0. The van der Waals surface area contributed by atoms with Crippen molar-refractivity contribution >= 4 is 16.6 Å². The summed E-state index contributed by atoms with van der Waals surface area (Å²) in [5.41, 5.74) is 11.1. The highest BCUT2D eigenvalue weighted by atomic mass is 14.7. The molecule has 0 saturated carbocycles. The molecule has 0 bridgehead atoms. The SMILES string of the molecule is Cc1ccc(N)c(-c2cnc3ccccc3c2)c1. The van der Waals surface area contributed by atoms with Crippen molar-refractivity contribution in [1.82, 2.24) is 4.98 Å². The molecule has 0 amide bonds. The zero-order valence-electron chi connectivity index (χ0n) is 10.2. The van der Waals surface area contributed by atoms with E-state index in [1.54, 1.807) is 0 Å². The Balaban J connectivity index is 2.22. The lowest BCUT2D eigenvalue weighted by molar-refractivity contribution is 1.40. The van der Waals surface area contributed by atoms with Crippen LogP contribution < -0.4 is 5.73 Å². The number of nitrogen functional groups attached to an aromatic ring is 1. The van der Waals surface area contributed by atoms with Crippen molar-refractivity contribution < 1.29 is 0 Å². The summed E-state index contributed by atoms with van der Waals surface area (Å²) in [6.45, 7) is 2.07. The largest absolute Gasteiger partial charge is 0.398 e. The first kappa shape index (κ1) is 10.8. The molecular formula is C16H14N2. The minimum Gasteiger partial charge on any atom is -0.398 e. The van der Waals surface area contributed by atoms with Crippen molar-refractivity contribution in [3.8, 4) is 11.1 Å². The number of hydrogen-bond donors (Lipinski definition) is 1. The van der Waals surface area contributed by atoms with E-state index in [-0.39, 0.29) is 0 Å². The highest BCUT2D eigenvalue weighted by Crippen LogP contribution is 2.28. The third-order valence-electron chi connectivity index (χ3n) is 3.11.